The molecule has 2 aromatic rings. The molecule has 0 amide bonds. The number of H-pyrrole nitrogens is 1. The molecular weight excluding hydrogens is 257 g/mol. The fraction of sp³-hybridized carbons (Fsp3) is 0. The molecule has 0 aromatic carbocycles. The first kappa shape index (κ1) is 11.0. The smallest absolute Gasteiger partial charge is 0.265 e. The summed E-state index contributed by atoms with van der Waals surface area (Å²) in [7, 11) is 1.29. The molecule has 0 spiro atoms. The maximum absolute atomic E-state index is 12.6. The highest BCUT2D eigenvalue weighted by atomic mass is 35.7. The Kier molecular flexibility index (Phi) is 2.64. The van der Waals surface area contributed by atoms with Crippen molar-refractivity contribution < 1.29 is 12.8 Å². The molecule has 0 aliphatic rings. The predicted molar refractivity (Wildman–Crippen MR) is 54.8 cm³/mol. The lowest BCUT2D eigenvalue weighted by Crippen LogP contribution is -1.93. The van der Waals surface area contributed by atoms with Crippen LogP contribution in [-0.2, 0) is 9.05 Å². The van der Waals surface area contributed by atoms with E-state index in [-0.39, 0.29) is 16.3 Å². The number of aromatic nitrogens is 3. The Morgan fingerprint density at radius 2 is 2.06 bits per heavy atom. The summed E-state index contributed by atoms with van der Waals surface area (Å²) in [5.41, 5.74) is 0.383. The van der Waals surface area contributed by atoms with Crippen LogP contribution in [0.15, 0.2) is 29.4 Å². The topological polar surface area (TPSA) is 75.7 Å². The van der Waals surface area contributed by atoms with E-state index in [1.54, 1.807) is 0 Å². The van der Waals surface area contributed by atoms with Crippen molar-refractivity contribution in [1.82, 2.24) is 15.2 Å². The average molecular weight is 262 g/mol. The molecule has 2 aromatic heterocycles. The third-order valence-corrected chi connectivity index (χ3v) is 3.18. The molecule has 2 heterocycles. The van der Waals surface area contributed by atoms with Crippen molar-refractivity contribution in [3.05, 3.63) is 30.3 Å². The first-order chi connectivity index (χ1) is 7.48. The van der Waals surface area contributed by atoms with Gasteiger partial charge in [-0.2, -0.15) is 5.10 Å². The Morgan fingerprint density at radius 3 is 2.62 bits per heavy atom. The molecule has 0 aliphatic carbocycles. The quantitative estimate of drug-likeness (QED) is 0.832. The molecule has 0 atom stereocenters. The lowest BCUT2D eigenvalue weighted by atomic mass is 10.3. The van der Waals surface area contributed by atoms with Crippen molar-refractivity contribution >= 4 is 19.7 Å². The van der Waals surface area contributed by atoms with Crippen molar-refractivity contribution in [2.24, 2.45) is 0 Å². The van der Waals surface area contributed by atoms with E-state index in [0.717, 1.165) is 18.5 Å². The second-order valence-electron chi connectivity index (χ2n) is 2.91. The zero-order chi connectivity index (χ0) is 11.8. The number of halogens is 2. The standard InChI is InChI=1S/C8H5ClFN3O2S/c9-16(14,15)7-4-12-13-8(7)6-2-1-5(10)3-11-6/h1-4H,(H,12,13). The van der Waals surface area contributed by atoms with E-state index in [9.17, 15) is 12.8 Å². The molecule has 0 unspecified atom stereocenters. The zero-order valence-corrected chi connectivity index (χ0v) is 9.26. The maximum Gasteiger partial charge on any atom is 0.265 e. The van der Waals surface area contributed by atoms with Crippen LogP contribution in [-0.4, -0.2) is 23.6 Å². The van der Waals surface area contributed by atoms with Crippen LogP contribution < -0.4 is 0 Å². The van der Waals surface area contributed by atoms with Gasteiger partial charge in [-0.1, -0.05) is 0 Å². The number of nitrogens with one attached hydrogen (secondary N) is 1. The molecule has 2 rings (SSSR count). The van der Waals surface area contributed by atoms with Gasteiger partial charge in [-0.25, -0.2) is 12.8 Å². The van der Waals surface area contributed by atoms with Crippen molar-refractivity contribution in [3.63, 3.8) is 0 Å². The van der Waals surface area contributed by atoms with Crippen molar-refractivity contribution in [1.29, 1.82) is 0 Å². The van der Waals surface area contributed by atoms with Gasteiger partial charge in [0.05, 0.1) is 18.1 Å². The Balaban J connectivity index is 2.58. The van der Waals surface area contributed by atoms with Gasteiger partial charge in [-0.05, 0) is 12.1 Å². The fourth-order valence-corrected chi connectivity index (χ4v) is 2.09. The van der Waals surface area contributed by atoms with Crippen LogP contribution in [0.1, 0.15) is 0 Å². The minimum Gasteiger partial charge on any atom is -0.275 e. The average Bonchev–Trinajstić information content (AvgIpc) is 2.66. The number of aromatic amines is 1. The van der Waals surface area contributed by atoms with Gasteiger partial charge in [0.25, 0.3) is 9.05 Å². The van der Waals surface area contributed by atoms with Crippen molar-refractivity contribution in [2.45, 2.75) is 4.90 Å². The molecule has 1 N–H and O–H groups in total. The Labute approximate surface area is 94.7 Å². The van der Waals surface area contributed by atoms with Gasteiger partial charge >= 0.3 is 0 Å². The predicted octanol–water partition coefficient (Wildman–Crippen LogP) is 1.54. The summed E-state index contributed by atoms with van der Waals surface area (Å²) in [5.74, 6) is -0.515. The van der Waals surface area contributed by atoms with Crippen LogP contribution in [0.3, 0.4) is 0 Å². The molecule has 0 aliphatic heterocycles. The van der Waals surface area contributed by atoms with Crippen LogP contribution in [0.5, 0.6) is 0 Å². The van der Waals surface area contributed by atoms with Crippen LogP contribution in [0.25, 0.3) is 11.4 Å². The van der Waals surface area contributed by atoms with Crippen molar-refractivity contribution in [2.75, 3.05) is 0 Å². The van der Waals surface area contributed by atoms with Crippen LogP contribution >= 0.6 is 10.7 Å². The molecule has 0 saturated carbocycles. The largest absolute Gasteiger partial charge is 0.275 e. The fourth-order valence-electron chi connectivity index (χ4n) is 1.17. The summed E-state index contributed by atoms with van der Waals surface area (Å²) >= 11 is 0. The zero-order valence-electron chi connectivity index (χ0n) is 7.68. The number of hydrogen-bond donors (Lipinski definition) is 1. The normalized spacial score (nSPS) is 11.6. The SMILES string of the molecule is O=S(=O)(Cl)c1cn[nH]c1-c1ccc(F)cn1. The third kappa shape index (κ3) is 2.05. The Morgan fingerprint density at radius 1 is 1.31 bits per heavy atom. The van der Waals surface area contributed by atoms with E-state index in [1.165, 1.54) is 6.07 Å². The van der Waals surface area contributed by atoms with Crippen molar-refractivity contribution in [3.8, 4) is 11.4 Å². The van der Waals surface area contributed by atoms with E-state index in [4.69, 9.17) is 10.7 Å². The lowest BCUT2D eigenvalue weighted by molar-refractivity contribution is 0.610. The first-order valence-corrected chi connectivity index (χ1v) is 6.39. The van der Waals surface area contributed by atoms with E-state index >= 15 is 0 Å². The molecular formula is C8H5ClFN3O2S. The first-order valence-electron chi connectivity index (χ1n) is 4.08. The van der Waals surface area contributed by atoms with Gasteiger partial charge in [0, 0.05) is 10.7 Å². The molecule has 5 nitrogen and oxygen atoms in total. The van der Waals surface area contributed by atoms with Gasteiger partial charge in [-0.3, -0.25) is 10.1 Å². The summed E-state index contributed by atoms with van der Waals surface area (Å²) in [5, 5.41) is 6.01. The van der Waals surface area contributed by atoms with Crippen LogP contribution in [0.2, 0.25) is 0 Å². The molecule has 0 radical (unpaired) electrons. The summed E-state index contributed by atoms with van der Waals surface area (Å²) < 4.78 is 34.9. The Bertz CT molecular complexity index is 608. The van der Waals surface area contributed by atoms with Gasteiger partial charge in [0.1, 0.15) is 16.4 Å². The van der Waals surface area contributed by atoms with E-state index in [1.807, 2.05) is 0 Å². The monoisotopic (exact) mass is 261 g/mol. The number of pyridine rings is 1. The summed E-state index contributed by atoms with van der Waals surface area (Å²) in [6.45, 7) is 0. The minimum atomic E-state index is -3.90. The molecule has 0 bridgehead atoms. The molecule has 84 valence electrons. The summed E-state index contributed by atoms with van der Waals surface area (Å²) in [4.78, 5) is 3.54. The third-order valence-electron chi connectivity index (χ3n) is 1.85. The maximum atomic E-state index is 12.6. The van der Waals surface area contributed by atoms with Gasteiger partial charge in [0.2, 0.25) is 0 Å². The van der Waals surface area contributed by atoms with Gasteiger partial charge in [0.15, 0.2) is 0 Å². The number of hydrogen-bond acceptors (Lipinski definition) is 4. The second kappa shape index (κ2) is 3.84. The summed E-state index contributed by atoms with van der Waals surface area (Å²) in [6.07, 6.45) is 2.05. The summed E-state index contributed by atoms with van der Waals surface area (Å²) in [6, 6.07) is 2.49. The van der Waals surface area contributed by atoms with Crippen LogP contribution in [0, 0.1) is 5.82 Å². The van der Waals surface area contributed by atoms with E-state index in [2.05, 4.69) is 15.2 Å². The highest BCUT2D eigenvalue weighted by molar-refractivity contribution is 8.13. The van der Waals surface area contributed by atoms with Gasteiger partial charge in [-0.15, -0.1) is 0 Å². The Hall–Kier alpha value is -1.47. The number of nitrogens with zero attached hydrogens (tertiary/aromatic N) is 2. The highest BCUT2D eigenvalue weighted by Crippen LogP contribution is 2.25. The molecule has 8 heteroatoms. The highest BCUT2D eigenvalue weighted by Gasteiger charge is 2.19. The van der Waals surface area contributed by atoms with Crippen LogP contribution in [0.4, 0.5) is 4.39 Å². The lowest BCUT2D eigenvalue weighted by Gasteiger charge is -1.98. The van der Waals surface area contributed by atoms with E-state index < -0.39 is 14.9 Å². The van der Waals surface area contributed by atoms with E-state index in [0.29, 0.717) is 0 Å². The molecule has 0 saturated heterocycles. The minimum absolute atomic E-state index is 0.134. The molecule has 16 heavy (non-hydrogen) atoms. The number of rotatable bonds is 2. The van der Waals surface area contributed by atoms with Gasteiger partial charge < -0.3 is 0 Å². The second-order valence-corrected chi connectivity index (χ2v) is 5.44. The molecule has 0 fully saturated rings.